The maximum atomic E-state index is 5.55. The van der Waals surface area contributed by atoms with E-state index in [9.17, 15) is 0 Å². The summed E-state index contributed by atoms with van der Waals surface area (Å²) in [5.74, 6) is -0.0269. The van der Waals surface area contributed by atoms with Crippen molar-refractivity contribution >= 4 is 17.5 Å². The van der Waals surface area contributed by atoms with Gasteiger partial charge < -0.3 is 10.5 Å². The Morgan fingerprint density at radius 2 is 2.13 bits per heavy atom. The predicted octanol–water partition coefficient (Wildman–Crippen LogP) is 0.0280. The molecule has 0 radical (unpaired) electrons. The summed E-state index contributed by atoms with van der Waals surface area (Å²) < 4.78 is 6.56. The van der Waals surface area contributed by atoms with Crippen LogP contribution >= 0.6 is 11.6 Å². The summed E-state index contributed by atoms with van der Waals surface area (Å²) in [4.78, 5) is 14.8. The standard InChI is InChI=1S/C6H6ClN7O/c1-14-2-9-5(13-14)15-6-11-3(7)10-4(8)12-6/h2H,1H3,(H2,8,10,11,12). The molecule has 2 rings (SSSR count). The number of nitrogens with zero attached hydrogens (tertiary/aromatic N) is 6. The molecule has 78 valence electrons. The van der Waals surface area contributed by atoms with Crippen LogP contribution < -0.4 is 10.5 Å². The molecule has 0 aliphatic heterocycles. The van der Waals surface area contributed by atoms with Gasteiger partial charge in [-0.2, -0.15) is 19.9 Å². The second kappa shape index (κ2) is 3.65. The van der Waals surface area contributed by atoms with E-state index < -0.39 is 0 Å². The first kappa shape index (κ1) is 9.59. The van der Waals surface area contributed by atoms with E-state index in [1.54, 1.807) is 7.05 Å². The smallest absolute Gasteiger partial charge is 0.343 e. The molecule has 0 atom stereocenters. The first-order valence-corrected chi connectivity index (χ1v) is 4.22. The summed E-state index contributed by atoms with van der Waals surface area (Å²) in [7, 11) is 1.70. The number of halogens is 1. The van der Waals surface area contributed by atoms with E-state index in [1.165, 1.54) is 11.0 Å². The molecule has 9 heteroatoms. The summed E-state index contributed by atoms with van der Waals surface area (Å²) in [5.41, 5.74) is 5.35. The first-order chi connectivity index (χ1) is 7.13. The van der Waals surface area contributed by atoms with Crippen molar-refractivity contribution in [1.82, 2.24) is 29.7 Å². The summed E-state index contributed by atoms with van der Waals surface area (Å²) in [6.45, 7) is 0. The lowest BCUT2D eigenvalue weighted by molar-refractivity contribution is 0.404. The Labute approximate surface area is 89.1 Å². The van der Waals surface area contributed by atoms with Crippen molar-refractivity contribution in [3.8, 4) is 12.0 Å². The molecule has 0 amide bonds. The van der Waals surface area contributed by atoms with E-state index in [0.717, 1.165) is 0 Å². The molecule has 0 aromatic carbocycles. The van der Waals surface area contributed by atoms with Gasteiger partial charge in [-0.05, 0) is 11.6 Å². The molecule has 0 bridgehead atoms. The Bertz CT molecular complexity index is 464. The molecular weight excluding hydrogens is 222 g/mol. The maximum absolute atomic E-state index is 5.55. The molecule has 0 aliphatic carbocycles. The van der Waals surface area contributed by atoms with Gasteiger partial charge in [0.2, 0.25) is 11.2 Å². The molecule has 0 saturated heterocycles. The number of aryl methyl sites for hydroxylation is 1. The lowest BCUT2D eigenvalue weighted by Crippen LogP contribution is -2.01. The predicted molar refractivity (Wildman–Crippen MR) is 50.3 cm³/mol. The Kier molecular flexibility index (Phi) is 2.34. The molecule has 0 unspecified atom stereocenters. The minimum absolute atomic E-state index is 0.0269. The molecule has 2 aromatic rings. The fourth-order valence-corrected chi connectivity index (χ4v) is 0.999. The highest BCUT2D eigenvalue weighted by Gasteiger charge is 2.07. The average Bonchev–Trinajstić information content (AvgIpc) is 2.49. The quantitative estimate of drug-likeness (QED) is 0.771. The number of anilines is 1. The molecule has 0 saturated carbocycles. The third-order valence-electron chi connectivity index (χ3n) is 1.37. The molecule has 15 heavy (non-hydrogen) atoms. The van der Waals surface area contributed by atoms with Crippen LogP contribution in [-0.2, 0) is 7.05 Å². The highest BCUT2D eigenvalue weighted by molar-refractivity contribution is 6.28. The van der Waals surface area contributed by atoms with E-state index >= 15 is 0 Å². The van der Waals surface area contributed by atoms with Gasteiger partial charge >= 0.3 is 12.0 Å². The first-order valence-electron chi connectivity index (χ1n) is 3.84. The zero-order valence-corrected chi connectivity index (χ0v) is 8.38. The summed E-state index contributed by atoms with van der Waals surface area (Å²) in [6.07, 6.45) is 1.47. The molecule has 0 spiro atoms. The number of hydrogen-bond acceptors (Lipinski definition) is 7. The van der Waals surface area contributed by atoms with Crippen LogP contribution in [0.5, 0.6) is 12.0 Å². The van der Waals surface area contributed by atoms with Crippen LogP contribution in [0.2, 0.25) is 5.28 Å². The summed E-state index contributed by atoms with van der Waals surface area (Å²) in [5, 5.41) is 3.82. The van der Waals surface area contributed by atoms with Gasteiger partial charge in [0.1, 0.15) is 6.33 Å². The number of rotatable bonds is 2. The van der Waals surface area contributed by atoms with Crippen molar-refractivity contribution < 1.29 is 4.74 Å². The molecule has 8 nitrogen and oxygen atoms in total. The van der Waals surface area contributed by atoms with Crippen LogP contribution in [0.15, 0.2) is 6.33 Å². The van der Waals surface area contributed by atoms with Crippen LogP contribution in [0.25, 0.3) is 0 Å². The number of hydrogen-bond donors (Lipinski definition) is 1. The molecule has 0 fully saturated rings. The Balaban J connectivity index is 2.24. The van der Waals surface area contributed by atoms with Gasteiger partial charge in [-0.25, -0.2) is 0 Å². The monoisotopic (exact) mass is 227 g/mol. The van der Waals surface area contributed by atoms with Crippen LogP contribution in [0, 0.1) is 0 Å². The summed E-state index contributed by atoms with van der Waals surface area (Å²) in [6, 6.07) is 0.0675. The minimum atomic E-state index is -0.0477. The lowest BCUT2D eigenvalue weighted by Gasteiger charge is -1.98. The van der Waals surface area contributed by atoms with Crippen molar-refractivity contribution in [2.24, 2.45) is 7.05 Å². The van der Waals surface area contributed by atoms with E-state index in [4.69, 9.17) is 22.1 Å². The van der Waals surface area contributed by atoms with Crippen molar-refractivity contribution in [2.45, 2.75) is 0 Å². The SMILES string of the molecule is Cn1cnc(Oc2nc(N)nc(Cl)n2)n1. The maximum Gasteiger partial charge on any atom is 0.343 e. The Hall–Kier alpha value is -1.96. The molecule has 2 N–H and O–H groups in total. The molecular formula is C6H6ClN7O. The summed E-state index contributed by atoms with van der Waals surface area (Å²) >= 11 is 5.55. The van der Waals surface area contributed by atoms with Gasteiger partial charge in [-0.3, -0.25) is 4.68 Å². The second-order valence-corrected chi connectivity index (χ2v) is 2.89. The van der Waals surface area contributed by atoms with Crippen molar-refractivity contribution in [1.29, 1.82) is 0 Å². The number of aromatic nitrogens is 6. The normalized spacial score (nSPS) is 10.3. The van der Waals surface area contributed by atoms with Gasteiger partial charge in [-0.1, -0.05) is 0 Å². The lowest BCUT2D eigenvalue weighted by atomic mass is 10.9. The Morgan fingerprint density at radius 1 is 1.33 bits per heavy atom. The van der Waals surface area contributed by atoms with Gasteiger partial charge in [-0.15, -0.1) is 5.10 Å². The molecule has 2 heterocycles. The van der Waals surface area contributed by atoms with Gasteiger partial charge in [0.15, 0.2) is 0 Å². The van der Waals surface area contributed by atoms with Crippen LogP contribution in [0.1, 0.15) is 0 Å². The Morgan fingerprint density at radius 3 is 2.73 bits per heavy atom. The molecule has 0 aliphatic rings. The second-order valence-electron chi connectivity index (χ2n) is 2.55. The molecule has 2 aromatic heterocycles. The third-order valence-corrected chi connectivity index (χ3v) is 1.54. The van der Waals surface area contributed by atoms with Crippen molar-refractivity contribution in [3.05, 3.63) is 11.6 Å². The van der Waals surface area contributed by atoms with E-state index in [-0.39, 0.29) is 23.3 Å². The number of nitrogen functional groups attached to an aromatic ring is 1. The van der Waals surface area contributed by atoms with E-state index in [1.807, 2.05) is 0 Å². The van der Waals surface area contributed by atoms with E-state index in [0.29, 0.717) is 0 Å². The minimum Gasteiger partial charge on any atom is -0.387 e. The van der Waals surface area contributed by atoms with Crippen LogP contribution in [0.4, 0.5) is 5.95 Å². The topological polar surface area (TPSA) is 105 Å². The van der Waals surface area contributed by atoms with Crippen molar-refractivity contribution in [2.75, 3.05) is 5.73 Å². The van der Waals surface area contributed by atoms with Crippen LogP contribution in [0.3, 0.4) is 0 Å². The number of nitrogens with two attached hydrogens (primary N) is 1. The average molecular weight is 228 g/mol. The van der Waals surface area contributed by atoms with Crippen LogP contribution in [-0.4, -0.2) is 29.7 Å². The zero-order valence-electron chi connectivity index (χ0n) is 7.62. The van der Waals surface area contributed by atoms with Gasteiger partial charge in [0.05, 0.1) is 0 Å². The largest absolute Gasteiger partial charge is 0.387 e. The fraction of sp³-hybridized carbons (Fsp3) is 0.167. The highest BCUT2D eigenvalue weighted by atomic mass is 35.5. The van der Waals surface area contributed by atoms with Crippen molar-refractivity contribution in [3.63, 3.8) is 0 Å². The third kappa shape index (κ3) is 2.29. The number of ether oxygens (including phenoxy) is 1. The van der Waals surface area contributed by atoms with E-state index in [2.05, 4.69) is 25.0 Å². The van der Waals surface area contributed by atoms with Gasteiger partial charge in [0.25, 0.3) is 0 Å². The fourth-order valence-electron chi connectivity index (χ4n) is 0.840. The van der Waals surface area contributed by atoms with Gasteiger partial charge in [0, 0.05) is 7.05 Å². The zero-order chi connectivity index (χ0) is 10.8. The highest BCUT2D eigenvalue weighted by Crippen LogP contribution is 2.14.